The first-order valence-corrected chi connectivity index (χ1v) is 12.2. The first-order chi connectivity index (χ1) is 18.7. The van der Waals surface area contributed by atoms with Crippen LogP contribution < -0.4 is 0 Å². The van der Waals surface area contributed by atoms with Crippen LogP contribution in [0.5, 0.6) is 0 Å². The van der Waals surface area contributed by atoms with Crippen LogP contribution in [0.1, 0.15) is 21.6 Å². The molecule has 1 atom stereocenters. The summed E-state index contributed by atoms with van der Waals surface area (Å²) in [4.78, 5) is 32.1. The Bertz CT molecular complexity index is 1520. The number of aryl methyl sites for hydroxylation is 1. The average Bonchev–Trinajstić information content (AvgIpc) is 3.09. The topological polar surface area (TPSA) is 96.6 Å². The zero-order valence-electron chi connectivity index (χ0n) is 21.3. The van der Waals surface area contributed by atoms with Crippen LogP contribution in [0.3, 0.4) is 0 Å². The predicted molar refractivity (Wildman–Crippen MR) is 138 cm³/mol. The molecule has 39 heavy (non-hydrogen) atoms. The lowest BCUT2D eigenvalue weighted by molar-refractivity contribution is -0.0241. The van der Waals surface area contributed by atoms with Gasteiger partial charge in [0.1, 0.15) is 23.0 Å². The van der Waals surface area contributed by atoms with Gasteiger partial charge in [0.25, 0.3) is 5.91 Å². The highest BCUT2D eigenvalue weighted by Crippen LogP contribution is 2.32. The number of benzene rings is 1. The van der Waals surface area contributed by atoms with Gasteiger partial charge in [-0.2, -0.15) is 0 Å². The zero-order chi connectivity index (χ0) is 27.7. The highest BCUT2D eigenvalue weighted by Gasteiger charge is 2.29. The second-order valence-electron chi connectivity index (χ2n) is 9.23. The van der Waals surface area contributed by atoms with Crippen molar-refractivity contribution in [2.75, 3.05) is 26.8 Å². The van der Waals surface area contributed by atoms with Gasteiger partial charge >= 0.3 is 6.09 Å². The first kappa shape index (κ1) is 26.1. The molecule has 202 valence electrons. The third-order valence-electron chi connectivity index (χ3n) is 6.53. The van der Waals surface area contributed by atoms with Gasteiger partial charge in [-0.05, 0) is 48.9 Å². The Balaban J connectivity index is 1.54. The molecule has 0 bridgehead atoms. The van der Waals surface area contributed by atoms with Gasteiger partial charge in [0.05, 0.1) is 49.5 Å². The Morgan fingerprint density at radius 1 is 1.21 bits per heavy atom. The van der Waals surface area contributed by atoms with E-state index in [0.717, 1.165) is 28.8 Å². The average molecular weight is 537 g/mol. The minimum Gasteiger partial charge on any atom is -0.506 e. The Morgan fingerprint density at radius 2 is 1.97 bits per heavy atom. The van der Waals surface area contributed by atoms with Crippen molar-refractivity contribution in [3.05, 3.63) is 95.3 Å². The van der Waals surface area contributed by atoms with E-state index in [1.54, 1.807) is 16.7 Å². The van der Waals surface area contributed by atoms with Crippen LogP contribution in [0.25, 0.3) is 16.9 Å². The summed E-state index contributed by atoms with van der Waals surface area (Å²) in [5, 5.41) is 9.81. The van der Waals surface area contributed by atoms with Crippen molar-refractivity contribution in [3.63, 3.8) is 0 Å². The summed E-state index contributed by atoms with van der Waals surface area (Å²) in [6.45, 7) is 2.78. The standard InChI is InChI=1S/C28H26F2N4O5/c1-17-6-8-34-23(14-20-16-33(9-10-39-20)28(37)38-2)26(31-24(34)11-17)25-21(29)12-18(13-22(25)30)27(36)32-7-4-3-5-19(35)15-32/h3-8,11-13,15,20,35H,9-10,14,16H2,1-2H3/t20-/m0/s1. The van der Waals surface area contributed by atoms with Crippen LogP contribution in [0.2, 0.25) is 0 Å². The van der Waals surface area contributed by atoms with Crippen molar-refractivity contribution in [2.45, 2.75) is 19.4 Å². The van der Waals surface area contributed by atoms with Gasteiger partial charge in [-0.1, -0.05) is 6.08 Å². The van der Waals surface area contributed by atoms with E-state index in [4.69, 9.17) is 9.47 Å². The smallest absolute Gasteiger partial charge is 0.409 e. The highest BCUT2D eigenvalue weighted by atomic mass is 19.1. The lowest BCUT2D eigenvalue weighted by Gasteiger charge is -2.32. The van der Waals surface area contributed by atoms with Gasteiger partial charge in [-0.25, -0.2) is 18.6 Å². The van der Waals surface area contributed by atoms with Gasteiger partial charge < -0.3 is 23.9 Å². The molecule has 9 nitrogen and oxygen atoms in total. The molecular formula is C28H26F2N4O5. The number of ether oxygens (including phenoxy) is 2. The minimum absolute atomic E-state index is 0.0739. The number of halogens is 2. The van der Waals surface area contributed by atoms with Crippen molar-refractivity contribution < 1.29 is 33.0 Å². The van der Waals surface area contributed by atoms with E-state index in [2.05, 4.69) is 4.98 Å². The number of nitrogens with zero attached hydrogens (tertiary/aromatic N) is 4. The number of fused-ring (bicyclic) bond motifs is 1. The number of methoxy groups -OCH3 is 1. The van der Waals surface area contributed by atoms with Crippen molar-refractivity contribution in [2.24, 2.45) is 0 Å². The maximum Gasteiger partial charge on any atom is 0.409 e. The fourth-order valence-corrected chi connectivity index (χ4v) is 4.67. The summed E-state index contributed by atoms with van der Waals surface area (Å²) < 4.78 is 43.6. The van der Waals surface area contributed by atoms with Gasteiger partial charge in [-0.3, -0.25) is 9.69 Å². The summed E-state index contributed by atoms with van der Waals surface area (Å²) in [7, 11) is 1.30. The van der Waals surface area contributed by atoms with E-state index >= 15 is 8.78 Å². The molecule has 11 heteroatoms. The predicted octanol–water partition coefficient (Wildman–Crippen LogP) is 4.52. The number of hydrogen-bond acceptors (Lipinski definition) is 6. The lowest BCUT2D eigenvalue weighted by atomic mass is 10.0. The molecule has 0 spiro atoms. The molecule has 1 N–H and O–H groups in total. The number of pyridine rings is 1. The molecule has 2 aromatic heterocycles. The molecule has 3 aromatic rings. The van der Waals surface area contributed by atoms with E-state index in [1.807, 2.05) is 13.0 Å². The second kappa shape index (κ2) is 10.7. The monoisotopic (exact) mass is 536 g/mol. The lowest BCUT2D eigenvalue weighted by Crippen LogP contribution is -2.46. The number of aromatic nitrogens is 2. The number of carbonyl (C=O) groups is 2. The van der Waals surface area contributed by atoms with Crippen LogP contribution in [0.4, 0.5) is 13.6 Å². The Kier molecular flexibility index (Phi) is 7.16. The van der Waals surface area contributed by atoms with E-state index in [0.29, 0.717) is 17.9 Å². The number of carbonyl (C=O) groups excluding carboxylic acids is 2. The summed E-state index contributed by atoms with van der Waals surface area (Å²) >= 11 is 0. The van der Waals surface area contributed by atoms with E-state index in [9.17, 15) is 14.7 Å². The summed E-state index contributed by atoms with van der Waals surface area (Å²) in [5.41, 5.74) is 1.35. The zero-order valence-corrected chi connectivity index (χ0v) is 21.3. The van der Waals surface area contributed by atoms with Gasteiger partial charge in [-0.15, -0.1) is 0 Å². The largest absolute Gasteiger partial charge is 0.506 e. The van der Waals surface area contributed by atoms with Crippen molar-refractivity contribution in [1.82, 2.24) is 19.2 Å². The quantitative estimate of drug-likeness (QED) is 0.527. The molecule has 4 heterocycles. The normalized spacial score (nSPS) is 17.3. The number of aliphatic hydroxyl groups excluding tert-OH is 1. The number of imidazole rings is 1. The molecule has 2 amide bonds. The number of allylic oxidation sites excluding steroid dienone is 3. The fraction of sp³-hybridized carbons (Fsp3) is 0.250. The number of hydrogen-bond donors (Lipinski definition) is 1. The Morgan fingerprint density at radius 3 is 2.72 bits per heavy atom. The number of morpholine rings is 1. The van der Waals surface area contributed by atoms with E-state index < -0.39 is 29.7 Å². The molecule has 1 aromatic carbocycles. The highest BCUT2D eigenvalue weighted by molar-refractivity contribution is 5.96. The number of aliphatic hydroxyl groups is 1. The van der Waals surface area contributed by atoms with Gasteiger partial charge in [0, 0.05) is 30.9 Å². The van der Waals surface area contributed by atoms with Crippen molar-refractivity contribution in [3.8, 4) is 11.3 Å². The molecule has 0 saturated carbocycles. The second-order valence-corrected chi connectivity index (χ2v) is 9.23. The van der Waals surface area contributed by atoms with Gasteiger partial charge in [0.2, 0.25) is 0 Å². The van der Waals surface area contributed by atoms with Crippen LogP contribution in [-0.4, -0.2) is 69.2 Å². The molecule has 1 fully saturated rings. The number of rotatable bonds is 4. The number of amides is 2. The molecule has 5 rings (SSSR count). The van der Waals surface area contributed by atoms with Crippen LogP contribution in [0, 0.1) is 18.6 Å². The van der Waals surface area contributed by atoms with Crippen LogP contribution in [-0.2, 0) is 15.9 Å². The third kappa shape index (κ3) is 5.26. The Labute approximate surface area is 222 Å². The fourth-order valence-electron chi connectivity index (χ4n) is 4.67. The summed E-state index contributed by atoms with van der Waals surface area (Å²) in [6, 6.07) is 5.55. The van der Waals surface area contributed by atoms with Crippen LogP contribution >= 0.6 is 0 Å². The Hall–Kier alpha value is -4.51. The molecule has 1 saturated heterocycles. The van der Waals surface area contributed by atoms with E-state index in [1.165, 1.54) is 36.4 Å². The summed E-state index contributed by atoms with van der Waals surface area (Å²) in [6.07, 6.45) is 7.97. The van der Waals surface area contributed by atoms with Crippen LogP contribution in [0.15, 0.2) is 66.8 Å². The molecular weight excluding hydrogens is 510 g/mol. The molecule has 0 radical (unpaired) electrons. The minimum atomic E-state index is -0.967. The van der Waals surface area contributed by atoms with Crippen molar-refractivity contribution >= 4 is 17.6 Å². The maximum absolute atomic E-state index is 15.6. The van der Waals surface area contributed by atoms with Crippen molar-refractivity contribution in [1.29, 1.82) is 0 Å². The maximum atomic E-state index is 15.6. The molecule has 2 aliphatic rings. The third-order valence-corrected chi connectivity index (χ3v) is 6.53. The summed E-state index contributed by atoms with van der Waals surface area (Å²) in [5.74, 6) is -2.85. The molecule has 2 aliphatic heterocycles. The van der Waals surface area contributed by atoms with Gasteiger partial charge in [0.15, 0.2) is 0 Å². The van der Waals surface area contributed by atoms with E-state index in [-0.39, 0.29) is 42.2 Å². The molecule has 0 aliphatic carbocycles. The first-order valence-electron chi connectivity index (χ1n) is 12.2. The molecule has 0 unspecified atom stereocenters. The SMILES string of the molecule is COC(=O)N1CCO[C@@H](Cc2c(-c3c(F)cc(C(=O)N4C=CC=CC(O)=C4)cc3F)nc3cc(C)ccn23)C1.